The van der Waals surface area contributed by atoms with E-state index in [1.807, 2.05) is 0 Å². The Labute approximate surface area is 179 Å². The number of benzene rings is 2. The summed E-state index contributed by atoms with van der Waals surface area (Å²) >= 11 is 1.21. The van der Waals surface area contributed by atoms with Crippen LogP contribution in [0.3, 0.4) is 0 Å². The molecule has 31 heavy (non-hydrogen) atoms. The molecule has 7 nitrogen and oxygen atoms in total. The monoisotopic (exact) mass is 442 g/mol. The van der Waals surface area contributed by atoms with Crippen LogP contribution in [0.15, 0.2) is 42.5 Å². The van der Waals surface area contributed by atoms with Crippen molar-refractivity contribution in [1.82, 2.24) is 15.2 Å². The number of amides is 4. The molecule has 1 saturated heterocycles. The van der Waals surface area contributed by atoms with Crippen LogP contribution in [0.4, 0.5) is 18.7 Å². The van der Waals surface area contributed by atoms with Crippen LogP contribution in [0.2, 0.25) is 0 Å². The summed E-state index contributed by atoms with van der Waals surface area (Å²) in [6.45, 7) is 1.79. The summed E-state index contributed by atoms with van der Waals surface area (Å²) in [5.74, 6) is -2.68. The van der Waals surface area contributed by atoms with E-state index in [1.165, 1.54) is 17.4 Å². The smallest absolute Gasteiger partial charge is 0.324 e. The van der Waals surface area contributed by atoms with Crippen molar-refractivity contribution >= 4 is 34.3 Å². The molecule has 0 saturated carbocycles. The highest BCUT2D eigenvalue weighted by Gasteiger charge is 2.28. The Kier molecular flexibility index (Phi) is 5.47. The van der Waals surface area contributed by atoms with Crippen LogP contribution < -0.4 is 10.6 Å². The minimum atomic E-state index is -0.975. The number of carbonyl (C=O) groups is 3. The lowest BCUT2D eigenvalue weighted by molar-refractivity contribution is -0.125. The van der Waals surface area contributed by atoms with Gasteiger partial charge in [0.1, 0.15) is 0 Å². The van der Waals surface area contributed by atoms with Gasteiger partial charge in [-0.15, -0.1) is 11.3 Å². The number of hydrogen-bond acceptors (Lipinski definition) is 5. The van der Waals surface area contributed by atoms with Gasteiger partial charge in [0.2, 0.25) is 5.91 Å². The Morgan fingerprint density at radius 2 is 2.00 bits per heavy atom. The second-order valence-electron chi connectivity index (χ2n) is 6.85. The summed E-state index contributed by atoms with van der Waals surface area (Å²) < 4.78 is 26.7. The zero-order valence-corrected chi connectivity index (χ0v) is 17.1. The van der Waals surface area contributed by atoms with Crippen molar-refractivity contribution in [2.45, 2.75) is 13.5 Å². The molecule has 0 radical (unpaired) electrons. The van der Waals surface area contributed by atoms with Crippen molar-refractivity contribution in [3.05, 3.63) is 70.1 Å². The van der Waals surface area contributed by atoms with E-state index in [1.54, 1.807) is 31.2 Å². The minimum Gasteiger partial charge on any atom is -0.329 e. The van der Waals surface area contributed by atoms with Gasteiger partial charge in [-0.1, -0.05) is 12.1 Å². The summed E-state index contributed by atoms with van der Waals surface area (Å²) in [5, 5.41) is 5.45. The van der Waals surface area contributed by atoms with Crippen LogP contribution in [0.25, 0.3) is 11.3 Å². The maximum atomic E-state index is 13.5. The molecule has 1 aromatic heterocycles. The van der Waals surface area contributed by atoms with Gasteiger partial charge in [0.15, 0.2) is 16.8 Å². The van der Waals surface area contributed by atoms with E-state index in [9.17, 15) is 23.2 Å². The number of rotatable bonds is 5. The molecule has 2 aromatic carbocycles. The maximum Gasteiger partial charge on any atom is 0.324 e. The molecule has 1 aliphatic heterocycles. The summed E-state index contributed by atoms with van der Waals surface area (Å²) in [4.78, 5) is 42.3. The summed E-state index contributed by atoms with van der Waals surface area (Å²) in [6, 6.07) is 9.59. The number of halogens is 2. The fourth-order valence-electron chi connectivity index (χ4n) is 3.14. The minimum absolute atomic E-state index is 0.0390. The Hall–Kier alpha value is -3.66. The van der Waals surface area contributed by atoms with Gasteiger partial charge in [-0.3, -0.25) is 19.8 Å². The molecule has 4 amide bonds. The molecule has 158 valence electrons. The first-order chi connectivity index (χ1) is 14.8. The largest absolute Gasteiger partial charge is 0.329 e. The predicted octanol–water partition coefficient (Wildman–Crippen LogP) is 3.70. The average molecular weight is 442 g/mol. The first-order valence-electron chi connectivity index (χ1n) is 9.23. The first kappa shape index (κ1) is 20.6. The molecular weight excluding hydrogens is 426 g/mol. The number of carbonyl (C=O) groups excluding carboxylic acids is 3. The van der Waals surface area contributed by atoms with E-state index in [4.69, 9.17) is 0 Å². The SMILES string of the molecule is Cc1sc(NC(=O)c2cccc(CN3C(=O)CNC3=O)c2)nc1-c1ccc(F)c(F)c1. The van der Waals surface area contributed by atoms with Crippen molar-refractivity contribution in [3.63, 3.8) is 0 Å². The van der Waals surface area contributed by atoms with Crippen molar-refractivity contribution < 1.29 is 23.2 Å². The van der Waals surface area contributed by atoms with Gasteiger partial charge in [-0.2, -0.15) is 0 Å². The van der Waals surface area contributed by atoms with Crippen LogP contribution in [0.5, 0.6) is 0 Å². The predicted molar refractivity (Wildman–Crippen MR) is 111 cm³/mol. The maximum absolute atomic E-state index is 13.5. The van der Waals surface area contributed by atoms with E-state index >= 15 is 0 Å². The molecule has 0 aliphatic carbocycles. The third kappa shape index (κ3) is 4.29. The number of aromatic nitrogens is 1. The topological polar surface area (TPSA) is 91.4 Å². The van der Waals surface area contributed by atoms with Crippen LogP contribution in [-0.2, 0) is 11.3 Å². The number of thiazole rings is 1. The quantitative estimate of drug-likeness (QED) is 0.590. The van der Waals surface area contributed by atoms with Crippen LogP contribution in [-0.4, -0.2) is 34.3 Å². The number of imide groups is 1. The number of nitrogens with zero attached hydrogens (tertiary/aromatic N) is 2. The molecule has 10 heteroatoms. The second kappa shape index (κ2) is 8.23. The number of nitrogens with one attached hydrogen (secondary N) is 2. The molecule has 0 unspecified atom stereocenters. The molecule has 1 aliphatic rings. The third-order valence-corrected chi connectivity index (χ3v) is 5.56. The van der Waals surface area contributed by atoms with Crippen LogP contribution in [0.1, 0.15) is 20.8 Å². The molecule has 3 aromatic rings. The van der Waals surface area contributed by atoms with E-state index in [0.717, 1.165) is 21.9 Å². The second-order valence-corrected chi connectivity index (χ2v) is 8.05. The zero-order chi connectivity index (χ0) is 22.1. The fourth-order valence-corrected chi connectivity index (χ4v) is 3.97. The first-order valence-corrected chi connectivity index (χ1v) is 10.0. The lowest BCUT2D eigenvalue weighted by Gasteiger charge is -2.13. The van der Waals surface area contributed by atoms with E-state index in [2.05, 4.69) is 15.6 Å². The van der Waals surface area contributed by atoms with Gasteiger partial charge >= 0.3 is 6.03 Å². The molecular formula is C21H16F2N4O3S. The molecule has 2 N–H and O–H groups in total. The summed E-state index contributed by atoms with van der Waals surface area (Å²) in [7, 11) is 0. The Morgan fingerprint density at radius 3 is 2.71 bits per heavy atom. The zero-order valence-electron chi connectivity index (χ0n) is 16.2. The van der Waals surface area contributed by atoms with Gasteiger partial charge in [-0.25, -0.2) is 18.6 Å². The van der Waals surface area contributed by atoms with Crippen molar-refractivity contribution in [1.29, 1.82) is 0 Å². The van der Waals surface area contributed by atoms with Crippen molar-refractivity contribution in [2.24, 2.45) is 0 Å². The number of aryl methyl sites for hydroxylation is 1. The Morgan fingerprint density at radius 1 is 1.19 bits per heavy atom. The van der Waals surface area contributed by atoms with Gasteiger partial charge in [0.05, 0.1) is 18.8 Å². The van der Waals surface area contributed by atoms with Crippen LogP contribution >= 0.6 is 11.3 Å². The number of anilines is 1. The molecule has 0 spiro atoms. The highest BCUT2D eigenvalue weighted by atomic mass is 32.1. The Bertz CT molecular complexity index is 1200. The van der Waals surface area contributed by atoms with E-state index in [-0.39, 0.29) is 19.0 Å². The summed E-state index contributed by atoms with van der Waals surface area (Å²) in [6.07, 6.45) is 0. The van der Waals surface area contributed by atoms with Gasteiger partial charge in [-0.05, 0) is 42.8 Å². The van der Waals surface area contributed by atoms with E-state index < -0.39 is 23.6 Å². The molecule has 4 rings (SSSR count). The number of hydrogen-bond donors (Lipinski definition) is 2. The highest BCUT2D eigenvalue weighted by Crippen LogP contribution is 2.31. The third-order valence-electron chi connectivity index (χ3n) is 4.68. The lowest BCUT2D eigenvalue weighted by atomic mass is 10.1. The standard InChI is InChI=1S/C21H16F2N4O3S/c1-11-18(13-5-6-15(22)16(23)8-13)25-20(31-11)26-19(29)14-4-2-3-12(7-14)10-27-17(28)9-24-21(27)30/h2-8H,9-10H2,1H3,(H,24,30)(H,25,26,29). The highest BCUT2D eigenvalue weighted by molar-refractivity contribution is 7.16. The summed E-state index contributed by atoms with van der Waals surface area (Å²) in [5.41, 5.74) is 1.80. The Balaban J connectivity index is 1.50. The van der Waals surface area contributed by atoms with Crippen LogP contribution in [0, 0.1) is 18.6 Å². The molecule has 1 fully saturated rings. The van der Waals surface area contributed by atoms with Gasteiger partial charge < -0.3 is 5.32 Å². The van der Waals surface area contributed by atoms with Gasteiger partial charge in [0, 0.05) is 16.0 Å². The van der Waals surface area contributed by atoms with Crippen molar-refractivity contribution in [3.8, 4) is 11.3 Å². The molecule has 0 atom stereocenters. The number of urea groups is 1. The van der Waals surface area contributed by atoms with Crippen molar-refractivity contribution in [2.75, 3.05) is 11.9 Å². The van der Waals surface area contributed by atoms with Gasteiger partial charge in [0.25, 0.3) is 5.91 Å². The van der Waals surface area contributed by atoms with E-state index in [0.29, 0.717) is 27.5 Å². The molecule has 0 bridgehead atoms. The lowest BCUT2D eigenvalue weighted by Crippen LogP contribution is -2.30. The molecule has 2 heterocycles. The normalized spacial score (nSPS) is 13.5. The average Bonchev–Trinajstić information content (AvgIpc) is 3.26. The fraction of sp³-hybridized carbons (Fsp3) is 0.143.